The van der Waals surface area contributed by atoms with E-state index in [0.29, 0.717) is 23.7 Å². The summed E-state index contributed by atoms with van der Waals surface area (Å²) in [6, 6.07) is 24.5. The van der Waals surface area contributed by atoms with Gasteiger partial charge in [0.1, 0.15) is 0 Å². The standard InChI is InChI=1S/C42H52N4Si/c1-27(2)34-21-16-22-35(28(3)4)41(34)44-31(9)26-32(10)45(42-36(29(5)6)23-17-24-37(42)30(7)8)47(44)39-25-15-14-20-38(39)40(46(47)43)33-18-12-11-13-19-33/h11-30,39H,9,43H2,1-8,10H3/t39-,47-/m1/s1. The third-order valence-corrected chi connectivity index (χ3v) is 14.8. The lowest BCUT2D eigenvalue weighted by molar-refractivity contribution is 0.606. The van der Waals surface area contributed by atoms with Crippen molar-refractivity contribution in [3.05, 3.63) is 148 Å². The van der Waals surface area contributed by atoms with Gasteiger partial charge in [0.15, 0.2) is 0 Å². The molecule has 3 aromatic carbocycles. The molecule has 0 aromatic heterocycles. The summed E-state index contributed by atoms with van der Waals surface area (Å²) in [5.74, 6) is 9.16. The largest absolute Gasteiger partial charge is 0.415 e. The van der Waals surface area contributed by atoms with E-state index in [0.717, 1.165) is 17.0 Å². The third-order valence-electron chi connectivity index (χ3n) is 10.2. The van der Waals surface area contributed by atoms with Crippen molar-refractivity contribution in [3.8, 4) is 0 Å². The average Bonchev–Trinajstić information content (AvgIpc) is 3.28. The van der Waals surface area contributed by atoms with Gasteiger partial charge in [-0.3, -0.25) is 10.5 Å². The van der Waals surface area contributed by atoms with Crippen LogP contribution in [0.1, 0.15) is 114 Å². The molecule has 4 nitrogen and oxygen atoms in total. The molecule has 2 heterocycles. The molecule has 0 saturated heterocycles. The first-order chi connectivity index (χ1) is 22.4. The molecule has 3 aromatic rings. The topological polar surface area (TPSA) is 35.7 Å². The molecule has 1 aliphatic carbocycles. The Morgan fingerprint density at radius 2 is 1.15 bits per heavy atom. The van der Waals surface area contributed by atoms with Gasteiger partial charge in [0, 0.05) is 22.8 Å². The second-order valence-corrected chi connectivity index (χ2v) is 18.0. The van der Waals surface area contributed by atoms with E-state index in [4.69, 9.17) is 12.4 Å². The number of fused-ring (bicyclic) bond motifs is 2. The Balaban J connectivity index is 1.81. The Bertz CT molecular complexity index is 1760. The quantitative estimate of drug-likeness (QED) is 0.206. The van der Waals surface area contributed by atoms with Gasteiger partial charge in [-0.25, -0.2) is 0 Å². The first-order valence-corrected chi connectivity index (χ1v) is 19.3. The molecule has 0 unspecified atom stereocenters. The fourth-order valence-corrected chi connectivity index (χ4v) is 13.4. The van der Waals surface area contributed by atoms with Crippen molar-refractivity contribution in [2.45, 2.75) is 91.5 Å². The van der Waals surface area contributed by atoms with E-state index < -0.39 is 8.56 Å². The van der Waals surface area contributed by atoms with Crippen molar-refractivity contribution in [2.24, 2.45) is 5.84 Å². The fraction of sp³-hybridized carbons (Fsp3) is 0.333. The lowest BCUT2D eigenvalue weighted by Crippen LogP contribution is -2.78. The average molecular weight is 641 g/mol. The minimum absolute atomic E-state index is 0.0357. The van der Waals surface area contributed by atoms with Crippen molar-refractivity contribution in [1.29, 1.82) is 0 Å². The normalized spacial score (nSPS) is 21.0. The van der Waals surface area contributed by atoms with Gasteiger partial charge in [-0.05, 0) is 70.1 Å². The first kappa shape index (κ1) is 32.9. The summed E-state index contributed by atoms with van der Waals surface area (Å²) in [4.78, 5) is 0. The highest BCUT2D eigenvalue weighted by Gasteiger charge is 2.67. The Kier molecular flexibility index (Phi) is 8.75. The smallest absolute Gasteiger partial charge is 0.335 e. The SMILES string of the molecule is C=C1C=C(C)N(c2c(C(C)C)cccc2C(C)C)[Si@@]2([C@@H]3C=CC=CC3=C(c3ccccc3)N2N)N1c1c(C(C)C)cccc1C(C)C. The van der Waals surface area contributed by atoms with Gasteiger partial charge in [0.25, 0.3) is 0 Å². The molecule has 3 aliphatic rings. The van der Waals surface area contributed by atoms with Crippen LogP contribution in [0.2, 0.25) is 5.54 Å². The lowest BCUT2D eigenvalue weighted by Gasteiger charge is -2.58. The van der Waals surface area contributed by atoms with Crippen LogP contribution < -0.4 is 15.0 Å². The highest BCUT2D eigenvalue weighted by atomic mass is 28.4. The third kappa shape index (κ3) is 5.06. The maximum atomic E-state index is 7.88. The van der Waals surface area contributed by atoms with E-state index in [1.807, 2.05) is 0 Å². The number of nitrogens with zero attached hydrogens (tertiary/aromatic N) is 3. The molecule has 0 radical (unpaired) electrons. The molecule has 2 atom stereocenters. The predicted octanol–water partition coefficient (Wildman–Crippen LogP) is 11.0. The monoisotopic (exact) mass is 640 g/mol. The summed E-state index contributed by atoms with van der Waals surface area (Å²) in [5, 5.41) is 0. The first-order valence-electron chi connectivity index (χ1n) is 17.3. The summed E-state index contributed by atoms with van der Waals surface area (Å²) in [7, 11) is -3.31. The molecular weight excluding hydrogens is 589 g/mol. The van der Waals surface area contributed by atoms with Crippen LogP contribution in [0.4, 0.5) is 11.4 Å². The number of hydrogen-bond donors (Lipinski definition) is 1. The molecule has 244 valence electrons. The Morgan fingerprint density at radius 3 is 1.64 bits per heavy atom. The molecule has 2 aliphatic heterocycles. The van der Waals surface area contributed by atoms with Gasteiger partial charge in [-0.2, -0.15) is 0 Å². The number of benzene rings is 3. The zero-order valence-electron chi connectivity index (χ0n) is 29.8. The zero-order valence-corrected chi connectivity index (χ0v) is 30.8. The zero-order chi connectivity index (χ0) is 33.8. The molecule has 0 bridgehead atoms. The van der Waals surface area contributed by atoms with E-state index in [1.54, 1.807) is 0 Å². The number of anilines is 2. The van der Waals surface area contributed by atoms with Crippen LogP contribution in [0.3, 0.4) is 0 Å². The minimum Gasteiger partial charge on any atom is -0.335 e. The summed E-state index contributed by atoms with van der Waals surface area (Å²) in [6.07, 6.45) is 11.4. The van der Waals surface area contributed by atoms with Crippen molar-refractivity contribution >= 4 is 25.6 Å². The predicted molar refractivity (Wildman–Crippen MR) is 204 cm³/mol. The van der Waals surface area contributed by atoms with Crippen LogP contribution in [-0.4, -0.2) is 13.2 Å². The minimum atomic E-state index is -3.31. The summed E-state index contributed by atoms with van der Waals surface area (Å²) in [6.45, 7) is 25.7. The van der Waals surface area contributed by atoms with Crippen LogP contribution in [0.15, 0.2) is 121 Å². The van der Waals surface area contributed by atoms with E-state index in [-0.39, 0.29) is 5.54 Å². The molecular formula is C42H52N4Si. The number of para-hydroxylation sites is 2. The molecule has 0 fully saturated rings. The van der Waals surface area contributed by atoms with E-state index >= 15 is 0 Å². The van der Waals surface area contributed by atoms with E-state index in [9.17, 15) is 0 Å². The van der Waals surface area contributed by atoms with Gasteiger partial charge in [0.05, 0.1) is 11.2 Å². The van der Waals surface area contributed by atoms with Crippen molar-refractivity contribution in [2.75, 3.05) is 9.13 Å². The molecule has 0 saturated carbocycles. The van der Waals surface area contributed by atoms with Crippen molar-refractivity contribution in [1.82, 2.24) is 4.67 Å². The van der Waals surface area contributed by atoms with E-state index in [1.165, 1.54) is 44.9 Å². The van der Waals surface area contributed by atoms with Crippen LogP contribution >= 0.6 is 0 Å². The second kappa shape index (κ2) is 12.5. The lowest BCUT2D eigenvalue weighted by atomic mass is 9.92. The number of allylic oxidation sites excluding steroid dienone is 7. The molecule has 5 heteroatoms. The van der Waals surface area contributed by atoms with Crippen LogP contribution in [0, 0.1) is 0 Å². The molecule has 1 spiro atoms. The maximum Gasteiger partial charge on any atom is 0.415 e. The second-order valence-electron chi connectivity index (χ2n) is 14.6. The highest BCUT2D eigenvalue weighted by molar-refractivity contribution is 6.90. The Morgan fingerprint density at radius 1 is 0.660 bits per heavy atom. The summed E-state index contributed by atoms with van der Waals surface area (Å²) in [5.41, 5.74) is 13.7. The molecule has 6 rings (SSSR count). The van der Waals surface area contributed by atoms with Crippen molar-refractivity contribution in [3.63, 3.8) is 0 Å². The van der Waals surface area contributed by atoms with Crippen LogP contribution in [-0.2, 0) is 0 Å². The van der Waals surface area contributed by atoms with Gasteiger partial charge < -0.3 is 9.13 Å². The van der Waals surface area contributed by atoms with E-state index in [2.05, 4.69) is 173 Å². The number of hydrazine groups is 1. The Hall–Kier alpha value is -4.06. The number of nitrogens with two attached hydrogens (primary N) is 1. The highest BCUT2D eigenvalue weighted by Crippen LogP contribution is 2.58. The molecule has 2 N–H and O–H groups in total. The van der Waals surface area contributed by atoms with Gasteiger partial charge >= 0.3 is 8.56 Å². The number of rotatable bonds is 7. The van der Waals surface area contributed by atoms with Gasteiger partial charge in [0.2, 0.25) is 0 Å². The molecule has 47 heavy (non-hydrogen) atoms. The van der Waals surface area contributed by atoms with Crippen LogP contribution in [0.25, 0.3) is 5.70 Å². The molecule has 0 amide bonds. The van der Waals surface area contributed by atoms with Gasteiger partial charge in [-0.15, -0.1) is 0 Å². The maximum absolute atomic E-state index is 7.88. The van der Waals surface area contributed by atoms with Gasteiger partial charge in [-0.1, -0.05) is 153 Å². The summed E-state index contributed by atoms with van der Waals surface area (Å²) >= 11 is 0. The van der Waals surface area contributed by atoms with Crippen LogP contribution in [0.5, 0.6) is 0 Å². The summed E-state index contributed by atoms with van der Waals surface area (Å²) < 4.78 is 7.60. The fourth-order valence-electron chi connectivity index (χ4n) is 8.08. The Labute approximate surface area is 284 Å². The van der Waals surface area contributed by atoms with Crippen molar-refractivity contribution < 1.29 is 0 Å². The number of hydrogen-bond acceptors (Lipinski definition) is 4.